The number of carbonyl (C=O) groups is 1. The first-order valence-electron chi connectivity index (χ1n) is 16.2. The standard InChI is InChI=1S/C34H39N7O5S2/c1-35-26-15-21(25-20-47-32-28(42)18-30(46-31(25)32)39-11-13-40(14-12-39)48(4,44)45)9-10-22(26)17-29-36-19-23-16-27(34(43)38(2)3)41(33(23)37-29)24-7-5-6-8-24/h9-10,15-16,18-20,24,35H,5-8,11-14,17H2,1-4H3. The van der Waals surface area contributed by atoms with Crippen molar-refractivity contribution in [1.82, 2.24) is 23.7 Å². The van der Waals surface area contributed by atoms with Crippen molar-refractivity contribution in [1.29, 1.82) is 0 Å². The third-order valence-corrected chi connectivity index (χ3v) is 11.7. The van der Waals surface area contributed by atoms with Crippen molar-refractivity contribution in [3.63, 3.8) is 0 Å². The largest absolute Gasteiger partial charge is 0.439 e. The van der Waals surface area contributed by atoms with Crippen LogP contribution in [0.3, 0.4) is 0 Å². The fourth-order valence-corrected chi connectivity index (χ4v) is 8.62. The minimum Gasteiger partial charge on any atom is -0.439 e. The Kier molecular flexibility index (Phi) is 8.50. The highest BCUT2D eigenvalue weighted by Crippen LogP contribution is 2.37. The van der Waals surface area contributed by atoms with Gasteiger partial charge in [0.1, 0.15) is 21.9 Å². The Morgan fingerprint density at radius 3 is 2.54 bits per heavy atom. The molecule has 252 valence electrons. The molecule has 1 N–H and O–H groups in total. The number of piperazine rings is 1. The molecule has 0 atom stereocenters. The lowest BCUT2D eigenvalue weighted by atomic mass is 10.0. The summed E-state index contributed by atoms with van der Waals surface area (Å²) in [6.07, 6.45) is 7.86. The maximum Gasteiger partial charge on any atom is 0.270 e. The van der Waals surface area contributed by atoms with Crippen LogP contribution in [0.15, 0.2) is 51.1 Å². The summed E-state index contributed by atoms with van der Waals surface area (Å²) in [7, 11) is 2.15. The molecule has 1 amide bonds. The van der Waals surface area contributed by atoms with Gasteiger partial charge in [-0.05, 0) is 36.1 Å². The van der Waals surface area contributed by atoms with Crippen LogP contribution in [0.2, 0.25) is 0 Å². The lowest BCUT2D eigenvalue weighted by molar-refractivity contribution is 0.0815. The summed E-state index contributed by atoms with van der Waals surface area (Å²) >= 11 is 1.35. The van der Waals surface area contributed by atoms with Gasteiger partial charge in [-0.3, -0.25) is 9.59 Å². The van der Waals surface area contributed by atoms with Gasteiger partial charge in [0, 0.05) is 94.1 Å². The topological polar surface area (TPSA) is 134 Å². The molecular formula is C34H39N7O5S2. The molecule has 0 bridgehead atoms. The van der Waals surface area contributed by atoms with Gasteiger partial charge in [0.05, 0.1) is 6.26 Å². The molecule has 1 aliphatic heterocycles. The average molecular weight is 690 g/mol. The summed E-state index contributed by atoms with van der Waals surface area (Å²) in [5, 5.41) is 6.12. The van der Waals surface area contributed by atoms with E-state index < -0.39 is 10.0 Å². The number of rotatable bonds is 8. The van der Waals surface area contributed by atoms with Crippen molar-refractivity contribution in [2.24, 2.45) is 0 Å². The van der Waals surface area contributed by atoms with Gasteiger partial charge in [-0.1, -0.05) is 25.0 Å². The summed E-state index contributed by atoms with van der Waals surface area (Å²) in [5.41, 5.74) is 5.48. The number of nitrogens with one attached hydrogen (secondary N) is 1. The number of benzene rings is 1. The zero-order chi connectivity index (χ0) is 33.7. The second-order valence-corrected chi connectivity index (χ2v) is 15.7. The van der Waals surface area contributed by atoms with Gasteiger partial charge in [-0.2, -0.15) is 4.31 Å². The van der Waals surface area contributed by atoms with Crippen LogP contribution in [0.25, 0.3) is 32.4 Å². The summed E-state index contributed by atoms with van der Waals surface area (Å²) in [6.45, 7) is 1.54. The third-order valence-electron chi connectivity index (χ3n) is 9.43. The van der Waals surface area contributed by atoms with Crippen molar-refractivity contribution in [3.8, 4) is 11.1 Å². The maximum atomic E-state index is 13.1. The molecule has 2 fully saturated rings. The number of thiophene rings is 1. The Balaban J connectivity index is 1.19. The monoisotopic (exact) mass is 689 g/mol. The zero-order valence-electron chi connectivity index (χ0n) is 27.5. The number of hydrogen-bond donors (Lipinski definition) is 1. The van der Waals surface area contributed by atoms with Crippen LogP contribution in [0, 0.1) is 0 Å². The first kappa shape index (κ1) is 32.3. The quantitative estimate of drug-likeness (QED) is 0.244. The smallest absolute Gasteiger partial charge is 0.270 e. The highest BCUT2D eigenvalue weighted by atomic mass is 32.2. The predicted octanol–water partition coefficient (Wildman–Crippen LogP) is 4.80. The summed E-state index contributed by atoms with van der Waals surface area (Å²) in [5.74, 6) is 1.07. The van der Waals surface area contributed by atoms with E-state index in [1.54, 1.807) is 19.0 Å². The first-order valence-corrected chi connectivity index (χ1v) is 18.9. The van der Waals surface area contributed by atoms with E-state index in [2.05, 4.69) is 9.88 Å². The van der Waals surface area contributed by atoms with Crippen LogP contribution < -0.4 is 15.6 Å². The number of sulfonamides is 1. The van der Waals surface area contributed by atoms with Crippen molar-refractivity contribution >= 4 is 60.2 Å². The number of hydrogen-bond acceptors (Lipinski definition) is 10. The van der Waals surface area contributed by atoms with E-state index in [1.807, 2.05) is 47.8 Å². The second-order valence-electron chi connectivity index (χ2n) is 12.8. The molecule has 0 unspecified atom stereocenters. The van der Waals surface area contributed by atoms with E-state index in [0.29, 0.717) is 60.3 Å². The second kappa shape index (κ2) is 12.6. The molecule has 5 heterocycles. The molecule has 5 aromatic rings. The van der Waals surface area contributed by atoms with Gasteiger partial charge in [0.2, 0.25) is 15.5 Å². The number of fused-ring (bicyclic) bond motifs is 2. The SMILES string of the molecule is CNc1cc(-c2csc3c(=O)cc(N4CCN(S(C)(=O)=O)CC4)oc23)ccc1Cc1ncc2cc(C(=O)N(C)C)n(C3CCCC3)c2n1. The molecule has 12 nitrogen and oxygen atoms in total. The Morgan fingerprint density at radius 2 is 1.85 bits per heavy atom. The fourth-order valence-electron chi connectivity index (χ4n) is 6.88. The molecular weight excluding hydrogens is 651 g/mol. The molecule has 14 heteroatoms. The number of anilines is 2. The van der Waals surface area contributed by atoms with E-state index in [-0.39, 0.29) is 17.4 Å². The Morgan fingerprint density at radius 1 is 1.10 bits per heavy atom. The molecule has 1 saturated carbocycles. The fraction of sp³-hybridized carbons (Fsp3) is 0.412. The lowest BCUT2D eigenvalue weighted by Gasteiger charge is -2.33. The van der Waals surface area contributed by atoms with Gasteiger partial charge in [-0.25, -0.2) is 18.4 Å². The molecule has 0 radical (unpaired) electrons. The summed E-state index contributed by atoms with van der Waals surface area (Å²) < 4.78 is 34.4. The number of aromatic nitrogens is 3. The lowest BCUT2D eigenvalue weighted by Crippen LogP contribution is -2.48. The van der Waals surface area contributed by atoms with E-state index in [1.165, 1.54) is 28.0 Å². The first-order chi connectivity index (χ1) is 23.0. The number of carbonyl (C=O) groups excluding carboxylic acids is 1. The molecule has 48 heavy (non-hydrogen) atoms. The van der Waals surface area contributed by atoms with Crippen LogP contribution in [0.5, 0.6) is 0 Å². The highest BCUT2D eigenvalue weighted by molar-refractivity contribution is 7.88. The van der Waals surface area contributed by atoms with Crippen LogP contribution in [-0.4, -0.2) is 91.6 Å². The van der Waals surface area contributed by atoms with E-state index in [4.69, 9.17) is 14.4 Å². The number of amides is 1. The van der Waals surface area contributed by atoms with Crippen molar-refractivity contribution < 1.29 is 17.6 Å². The van der Waals surface area contributed by atoms with E-state index in [9.17, 15) is 18.0 Å². The molecule has 4 aromatic heterocycles. The Hall–Kier alpha value is -4.27. The van der Waals surface area contributed by atoms with Crippen LogP contribution in [-0.2, 0) is 16.4 Å². The summed E-state index contributed by atoms with van der Waals surface area (Å²) in [6, 6.07) is 9.76. The highest BCUT2D eigenvalue weighted by Gasteiger charge is 2.28. The molecule has 0 spiro atoms. The molecule has 1 aromatic carbocycles. The van der Waals surface area contributed by atoms with E-state index >= 15 is 0 Å². The van der Waals surface area contributed by atoms with Gasteiger partial charge >= 0.3 is 0 Å². The van der Waals surface area contributed by atoms with Gasteiger partial charge in [0.25, 0.3) is 5.91 Å². The number of nitrogens with zero attached hydrogens (tertiary/aromatic N) is 6. The molecule has 2 aliphatic rings. The minimum atomic E-state index is -3.27. The molecule has 1 aliphatic carbocycles. The molecule has 7 rings (SSSR count). The van der Waals surface area contributed by atoms with Gasteiger partial charge < -0.3 is 24.1 Å². The van der Waals surface area contributed by atoms with E-state index in [0.717, 1.165) is 59.1 Å². The maximum absolute atomic E-state index is 13.1. The molecule has 1 saturated heterocycles. The normalized spacial score (nSPS) is 16.3. The third kappa shape index (κ3) is 5.96. The zero-order valence-corrected chi connectivity index (χ0v) is 29.2. The predicted molar refractivity (Wildman–Crippen MR) is 190 cm³/mol. The van der Waals surface area contributed by atoms with Gasteiger partial charge in [-0.15, -0.1) is 11.3 Å². The Bertz CT molecular complexity index is 2190. The van der Waals surface area contributed by atoms with Crippen LogP contribution >= 0.6 is 11.3 Å². The van der Waals surface area contributed by atoms with Crippen molar-refractivity contribution in [3.05, 3.63) is 69.2 Å². The van der Waals surface area contributed by atoms with Gasteiger partial charge in [0.15, 0.2) is 11.5 Å². The van der Waals surface area contributed by atoms with Crippen molar-refractivity contribution in [2.75, 3.05) is 63.8 Å². The van der Waals surface area contributed by atoms with Crippen LogP contribution in [0.4, 0.5) is 11.6 Å². The van der Waals surface area contributed by atoms with Crippen molar-refractivity contribution in [2.45, 2.75) is 38.1 Å². The van der Waals surface area contributed by atoms with Crippen LogP contribution in [0.1, 0.15) is 53.6 Å². The average Bonchev–Trinajstić information content (AvgIpc) is 3.83. The minimum absolute atomic E-state index is 0.0343. The summed E-state index contributed by atoms with van der Waals surface area (Å²) in [4.78, 5) is 39.5. The Labute approximate surface area is 283 Å².